The summed E-state index contributed by atoms with van der Waals surface area (Å²) in [4.78, 5) is 26.9. The van der Waals surface area contributed by atoms with Crippen molar-refractivity contribution >= 4 is 11.9 Å². The van der Waals surface area contributed by atoms with Crippen LogP contribution in [0.5, 0.6) is 5.75 Å². The highest BCUT2D eigenvalue weighted by atomic mass is 19.4. The maximum atomic E-state index is 12.7. The van der Waals surface area contributed by atoms with Crippen molar-refractivity contribution < 1.29 is 32.6 Å². The van der Waals surface area contributed by atoms with Crippen LogP contribution in [0.3, 0.4) is 0 Å². The number of hydrogen-bond donors (Lipinski definition) is 2. The molecule has 1 aromatic heterocycles. The lowest BCUT2D eigenvalue weighted by Crippen LogP contribution is -2.25. The second-order valence-corrected chi connectivity index (χ2v) is 8.92. The number of carboxylic acid groups (broad SMARTS) is 1. The number of halogens is 3. The second-order valence-electron chi connectivity index (χ2n) is 8.92. The number of carbonyl (C=O) groups excluding carboxylic acids is 1. The lowest BCUT2D eigenvalue weighted by atomic mass is 10.0. The van der Waals surface area contributed by atoms with Crippen molar-refractivity contribution in [2.75, 3.05) is 13.2 Å². The number of alkyl halides is 3. The topological polar surface area (TPSA) is 88.5 Å². The first kappa shape index (κ1) is 28.7. The van der Waals surface area contributed by atoms with Gasteiger partial charge in [0.25, 0.3) is 5.91 Å². The third-order valence-corrected chi connectivity index (χ3v) is 5.95. The third kappa shape index (κ3) is 9.53. The number of pyridine rings is 1. The van der Waals surface area contributed by atoms with Crippen molar-refractivity contribution in [3.63, 3.8) is 0 Å². The van der Waals surface area contributed by atoms with E-state index >= 15 is 0 Å². The van der Waals surface area contributed by atoms with E-state index in [0.717, 1.165) is 56.2 Å². The van der Waals surface area contributed by atoms with Crippen molar-refractivity contribution in [2.24, 2.45) is 0 Å². The maximum Gasteiger partial charge on any atom is 0.416 e. The van der Waals surface area contributed by atoms with Crippen LogP contribution in [-0.4, -0.2) is 35.1 Å². The fourth-order valence-electron chi connectivity index (χ4n) is 3.81. The van der Waals surface area contributed by atoms with E-state index in [2.05, 4.69) is 10.3 Å². The van der Waals surface area contributed by atoms with Gasteiger partial charge in [0.2, 0.25) is 0 Å². The first-order chi connectivity index (χ1) is 18.2. The Bertz CT molecular complexity index is 1160. The summed E-state index contributed by atoms with van der Waals surface area (Å²) < 4.78 is 43.9. The van der Waals surface area contributed by atoms with E-state index in [9.17, 15) is 22.8 Å². The molecule has 0 spiro atoms. The quantitative estimate of drug-likeness (QED) is 0.232. The van der Waals surface area contributed by atoms with Gasteiger partial charge in [0.15, 0.2) is 0 Å². The van der Waals surface area contributed by atoms with Crippen LogP contribution in [0.1, 0.15) is 60.0 Å². The van der Waals surface area contributed by atoms with Crippen LogP contribution in [0.25, 0.3) is 11.3 Å². The summed E-state index contributed by atoms with van der Waals surface area (Å²) in [7, 11) is 0. The number of aliphatic carboxylic acids is 1. The smallest absolute Gasteiger partial charge is 0.416 e. The van der Waals surface area contributed by atoms with Crippen LogP contribution in [0.4, 0.5) is 13.2 Å². The normalized spacial score (nSPS) is 11.2. The summed E-state index contributed by atoms with van der Waals surface area (Å²) in [5, 5.41) is 11.2. The van der Waals surface area contributed by atoms with Gasteiger partial charge in [-0.3, -0.25) is 14.6 Å². The monoisotopic (exact) mass is 528 g/mol. The molecule has 6 nitrogen and oxygen atoms in total. The zero-order valence-corrected chi connectivity index (χ0v) is 21.0. The van der Waals surface area contributed by atoms with Gasteiger partial charge in [0.1, 0.15) is 5.75 Å². The Morgan fingerprint density at radius 1 is 0.868 bits per heavy atom. The van der Waals surface area contributed by atoms with Gasteiger partial charge in [0, 0.05) is 23.9 Å². The van der Waals surface area contributed by atoms with E-state index in [4.69, 9.17) is 9.84 Å². The Kier molecular flexibility index (Phi) is 10.7. The summed E-state index contributed by atoms with van der Waals surface area (Å²) in [5.74, 6) is -0.596. The molecule has 38 heavy (non-hydrogen) atoms. The highest BCUT2D eigenvalue weighted by molar-refractivity contribution is 5.94. The maximum absolute atomic E-state index is 12.7. The Morgan fingerprint density at radius 3 is 2.18 bits per heavy atom. The fourth-order valence-corrected chi connectivity index (χ4v) is 3.81. The van der Waals surface area contributed by atoms with Gasteiger partial charge in [-0.05, 0) is 67.3 Å². The predicted molar refractivity (Wildman–Crippen MR) is 138 cm³/mol. The molecule has 1 amide bonds. The molecule has 2 aromatic carbocycles. The van der Waals surface area contributed by atoms with E-state index in [0.29, 0.717) is 29.2 Å². The van der Waals surface area contributed by atoms with Gasteiger partial charge < -0.3 is 15.2 Å². The van der Waals surface area contributed by atoms with Crippen LogP contribution in [0, 0.1) is 0 Å². The number of nitrogens with one attached hydrogen (secondary N) is 1. The van der Waals surface area contributed by atoms with E-state index in [1.54, 1.807) is 30.5 Å². The van der Waals surface area contributed by atoms with Crippen LogP contribution >= 0.6 is 0 Å². The fraction of sp³-hybridized carbons (Fsp3) is 0.345. The Hall–Kier alpha value is -3.88. The van der Waals surface area contributed by atoms with Crippen molar-refractivity contribution in [3.05, 3.63) is 83.6 Å². The minimum Gasteiger partial charge on any atom is -0.494 e. The van der Waals surface area contributed by atoms with Gasteiger partial charge in [-0.15, -0.1) is 0 Å². The lowest BCUT2D eigenvalue weighted by Gasteiger charge is -2.08. The summed E-state index contributed by atoms with van der Waals surface area (Å²) >= 11 is 0. The molecule has 0 fully saturated rings. The Labute approximate surface area is 219 Å². The van der Waals surface area contributed by atoms with Gasteiger partial charge in [-0.2, -0.15) is 13.2 Å². The minimum absolute atomic E-state index is 0.0848. The van der Waals surface area contributed by atoms with Gasteiger partial charge >= 0.3 is 12.1 Å². The summed E-state index contributed by atoms with van der Waals surface area (Å²) in [6.07, 6.45) is 3.35. The molecule has 3 rings (SSSR count). The number of carbonyl (C=O) groups is 2. The lowest BCUT2D eigenvalue weighted by molar-refractivity contribution is -0.138. The summed E-state index contributed by atoms with van der Waals surface area (Å²) in [5.41, 5.74) is 2.18. The SMILES string of the molecule is O=C(O)CCNC(=O)c1ccc(OCCCCCCCc2ccc(-c3ccc(C(F)(F)F)cc3)nc2)cc1. The molecule has 0 aliphatic rings. The molecule has 3 aromatic rings. The molecule has 0 saturated heterocycles. The summed E-state index contributed by atoms with van der Waals surface area (Å²) in [6, 6.07) is 15.6. The third-order valence-electron chi connectivity index (χ3n) is 5.95. The number of unbranched alkanes of at least 4 members (excludes halogenated alkanes) is 4. The number of hydrogen-bond acceptors (Lipinski definition) is 4. The molecule has 0 unspecified atom stereocenters. The number of nitrogens with zero attached hydrogens (tertiary/aromatic N) is 1. The molecule has 0 aliphatic heterocycles. The average Bonchev–Trinajstić information content (AvgIpc) is 2.90. The standard InChI is InChI=1S/C29H31F3N2O4/c30-29(31,32)24-12-8-22(9-13-24)26-16-7-21(20-34-26)6-4-2-1-3-5-19-38-25-14-10-23(11-15-25)28(37)33-18-17-27(35)36/h7-16,20H,1-6,17-19H2,(H,33,37)(H,35,36). The Morgan fingerprint density at radius 2 is 1.55 bits per heavy atom. The minimum atomic E-state index is -4.34. The van der Waals surface area contributed by atoms with E-state index in [1.807, 2.05) is 12.1 Å². The van der Waals surface area contributed by atoms with Crippen LogP contribution in [0.2, 0.25) is 0 Å². The molecule has 0 saturated carbocycles. The molecule has 0 radical (unpaired) electrons. The molecule has 202 valence electrons. The number of aryl methyl sites for hydroxylation is 1. The number of amides is 1. The van der Waals surface area contributed by atoms with E-state index < -0.39 is 17.7 Å². The highest BCUT2D eigenvalue weighted by Gasteiger charge is 2.30. The molecule has 2 N–H and O–H groups in total. The van der Waals surface area contributed by atoms with Gasteiger partial charge in [-0.1, -0.05) is 37.5 Å². The van der Waals surface area contributed by atoms with Crippen LogP contribution in [0.15, 0.2) is 66.9 Å². The van der Waals surface area contributed by atoms with Crippen LogP contribution in [-0.2, 0) is 17.4 Å². The molecular weight excluding hydrogens is 497 g/mol. The van der Waals surface area contributed by atoms with Gasteiger partial charge in [-0.25, -0.2) is 0 Å². The van der Waals surface area contributed by atoms with Gasteiger partial charge in [0.05, 0.1) is 24.3 Å². The van der Waals surface area contributed by atoms with Crippen molar-refractivity contribution in [1.82, 2.24) is 10.3 Å². The Balaban J connectivity index is 1.27. The number of aromatic nitrogens is 1. The summed E-state index contributed by atoms with van der Waals surface area (Å²) in [6.45, 7) is 0.668. The zero-order chi connectivity index (χ0) is 27.4. The molecule has 1 heterocycles. The van der Waals surface area contributed by atoms with Crippen molar-refractivity contribution in [3.8, 4) is 17.0 Å². The first-order valence-electron chi connectivity index (χ1n) is 12.6. The van der Waals surface area contributed by atoms with Crippen molar-refractivity contribution in [1.29, 1.82) is 0 Å². The predicted octanol–water partition coefficient (Wildman–Crippen LogP) is 6.54. The van der Waals surface area contributed by atoms with Crippen LogP contribution < -0.4 is 10.1 Å². The molecular formula is C29H31F3N2O4. The largest absolute Gasteiger partial charge is 0.494 e. The average molecular weight is 529 g/mol. The number of rotatable bonds is 14. The van der Waals surface area contributed by atoms with Crippen molar-refractivity contribution in [2.45, 2.75) is 51.1 Å². The zero-order valence-electron chi connectivity index (χ0n) is 21.0. The molecule has 0 aliphatic carbocycles. The van der Waals surface area contributed by atoms with E-state index in [-0.39, 0.29) is 18.9 Å². The second kappa shape index (κ2) is 14.2. The number of carboxylic acids is 1. The van der Waals surface area contributed by atoms with E-state index in [1.165, 1.54) is 12.1 Å². The highest BCUT2D eigenvalue weighted by Crippen LogP contribution is 2.30. The number of benzene rings is 2. The molecule has 9 heteroatoms. The number of ether oxygens (including phenoxy) is 1. The molecule has 0 bridgehead atoms. The molecule has 0 atom stereocenters. The first-order valence-corrected chi connectivity index (χ1v) is 12.6.